The molecule has 2 nitrogen and oxygen atoms in total. The van der Waals surface area contributed by atoms with Crippen molar-refractivity contribution in [2.75, 3.05) is 0 Å². The number of rotatable bonds is 3. The Labute approximate surface area is 71.6 Å². The van der Waals surface area contributed by atoms with Gasteiger partial charge in [0.1, 0.15) is 6.26 Å². The van der Waals surface area contributed by atoms with Gasteiger partial charge in [0.15, 0.2) is 0 Å². The van der Waals surface area contributed by atoms with Gasteiger partial charge in [-0.25, -0.2) is 4.98 Å². The molecule has 1 aromatic heterocycles. The molecular formula is C8H12ClNO. The summed E-state index contributed by atoms with van der Waals surface area (Å²) >= 11 is 5.52. The largest absolute Gasteiger partial charge is 0.447 e. The minimum Gasteiger partial charge on any atom is -0.447 e. The van der Waals surface area contributed by atoms with E-state index in [0.717, 1.165) is 12.1 Å². The Kier molecular flexibility index (Phi) is 2.94. The van der Waals surface area contributed by atoms with Crippen LogP contribution in [0, 0.1) is 5.92 Å². The average Bonchev–Trinajstić information content (AvgIpc) is 2.34. The van der Waals surface area contributed by atoms with Crippen molar-refractivity contribution in [3.8, 4) is 0 Å². The van der Waals surface area contributed by atoms with Crippen LogP contribution >= 0.6 is 11.6 Å². The molecule has 0 spiro atoms. The second-order valence-electron chi connectivity index (χ2n) is 2.96. The highest BCUT2D eigenvalue weighted by molar-refractivity contribution is 6.16. The molecule has 1 aromatic rings. The minimum absolute atomic E-state index is 0.359. The molecule has 0 bridgehead atoms. The Morgan fingerprint density at radius 1 is 1.64 bits per heavy atom. The van der Waals surface area contributed by atoms with Crippen molar-refractivity contribution < 1.29 is 4.42 Å². The van der Waals surface area contributed by atoms with Crippen molar-refractivity contribution in [2.24, 2.45) is 5.92 Å². The summed E-state index contributed by atoms with van der Waals surface area (Å²) < 4.78 is 5.07. The lowest BCUT2D eigenvalue weighted by atomic mass is 10.1. The van der Waals surface area contributed by atoms with Gasteiger partial charge in [-0.05, 0) is 12.3 Å². The molecule has 0 aromatic carbocycles. The zero-order valence-corrected chi connectivity index (χ0v) is 7.56. The summed E-state index contributed by atoms with van der Waals surface area (Å²) in [5.74, 6) is 1.59. The number of nitrogens with zero attached hydrogens (tertiary/aromatic N) is 1. The third kappa shape index (κ3) is 2.54. The maximum absolute atomic E-state index is 5.52. The van der Waals surface area contributed by atoms with Gasteiger partial charge in [-0.3, -0.25) is 0 Å². The maximum Gasteiger partial charge on any atom is 0.209 e. The summed E-state index contributed by atoms with van der Waals surface area (Å²) in [5, 5.41) is 0. The standard InChI is InChI=1S/C8H12ClNO/c1-6(2)3-7-5-11-8(4-9)10-7/h5-6H,3-4H2,1-2H3. The molecule has 0 amide bonds. The van der Waals surface area contributed by atoms with E-state index in [2.05, 4.69) is 18.8 Å². The monoisotopic (exact) mass is 173 g/mol. The second-order valence-corrected chi connectivity index (χ2v) is 3.23. The lowest BCUT2D eigenvalue weighted by molar-refractivity contribution is 0.514. The molecule has 0 N–H and O–H groups in total. The van der Waals surface area contributed by atoms with E-state index in [0.29, 0.717) is 17.7 Å². The van der Waals surface area contributed by atoms with Crippen molar-refractivity contribution >= 4 is 11.6 Å². The Bertz CT molecular complexity index is 220. The molecule has 0 saturated carbocycles. The molecule has 0 atom stereocenters. The molecule has 11 heavy (non-hydrogen) atoms. The molecule has 0 saturated heterocycles. The SMILES string of the molecule is CC(C)Cc1coc(CCl)n1. The Balaban J connectivity index is 2.58. The van der Waals surface area contributed by atoms with E-state index in [1.807, 2.05) is 0 Å². The third-order valence-corrected chi connectivity index (χ3v) is 1.56. The van der Waals surface area contributed by atoms with Crippen LogP contribution in [-0.2, 0) is 12.3 Å². The predicted molar refractivity (Wildman–Crippen MR) is 44.6 cm³/mol. The van der Waals surface area contributed by atoms with Crippen molar-refractivity contribution in [1.29, 1.82) is 0 Å². The summed E-state index contributed by atoms with van der Waals surface area (Å²) in [6.45, 7) is 4.30. The first-order valence-electron chi connectivity index (χ1n) is 3.71. The molecule has 0 aliphatic rings. The fourth-order valence-electron chi connectivity index (χ4n) is 0.922. The van der Waals surface area contributed by atoms with Crippen LogP contribution in [0.15, 0.2) is 10.7 Å². The van der Waals surface area contributed by atoms with Gasteiger partial charge in [-0.1, -0.05) is 13.8 Å². The van der Waals surface area contributed by atoms with Crippen LogP contribution < -0.4 is 0 Å². The van der Waals surface area contributed by atoms with Crippen LogP contribution in [0.4, 0.5) is 0 Å². The topological polar surface area (TPSA) is 26.0 Å². The fourth-order valence-corrected chi connectivity index (χ4v) is 1.05. The highest BCUT2D eigenvalue weighted by Crippen LogP contribution is 2.09. The Morgan fingerprint density at radius 3 is 2.82 bits per heavy atom. The molecule has 0 unspecified atom stereocenters. The number of hydrogen-bond donors (Lipinski definition) is 0. The third-order valence-electron chi connectivity index (χ3n) is 1.33. The van der Waals surface area contributed by atoms with E-state index < -0.39 is 0 Å². The minimum atomic E-state index is 0.359. The zero-order chi connectivity index (χ0) is 8.27. The first kappa shape index (κ1) is 8.60. The molecular weight excluding hydrogens is 162 g/mol. The van der Waals surface area contributed by atoms with Crippen LogP contribution in [0.1, 0.15) is 25.4 Å². The van der Waals surface area contributed by atoms with E-state index in [1.54, 1.807) is 6.26 Å². The van der Waals surface area contributed by atoms with Crippen LogP contribution in [0.2, 0.25) is 0 Å². The summed E-state index contributed by atoms with van der Waals surface area (Å²) in [7, 11) is 0. The first-order chi connectivity index (χ1) is 5.22. The number of hydrogen-bond acceptors (Lipinski definition) is 2. The van der Waals surface area contributed by atoms with Crippen molar-refractivity contribution in [3.05, 3.63) is 17.8 Å². The van der Waals surface area contributed by atoms with Crippen molar-refractivity contribution in [1.82, 2.24) is 4.98 Å². The van der Waals surface area contributed by atoms with Gasteiger partial charge in [0, 0.05) is 0 Å². The van der Waals surface area contributed by atoms with E-state index in [9.17, 15) is 0 Å². The van der Waals surface area contributed by atoms with E-state index in [1.165, 1.54) is 0 Å². The van der Waals surface area contributed by atoms with Crippen LogP contribution in [0.5, 0.6) is 0 Å². The molecule has 0 radical (unpaired) electrons. The highest BCUT2D eigenvalue weighted by atomic mass is 35.5. The lowest BCUT2D eigenvalue weighted by Gasteiger charge is -1.97. The van der Waals surface area contributed by atoms with Gasteiger partial charge in [0.25, 0.3) is 0 Å². The number of halogens is 1. The highest BCUT2D eigenvalue weighted by Gasteiger charge is 2.03. The predicted octanol–water partition coefficient (Wildman–Crippen LogP) is 2.61. The van der Waals surface area contributed by atoms with Gasteiger partial charge in [0.05, 0.1) is 11.6 Å². The summed E-state index contributed by atoms with van der Waals surface area (Å²) in [6, 6.07) is 0. The number of alkyl halides is 1. The van der Waals surface area contributed by atoms with Gasteiger partial charge in [-0.15, -0.1) is 11.6 Å². The van der Waals surface area contributed by atoms with Crippen molar-refractivity contribution in [2.45, 2.75) is 26.1 Å². The normalized spacial score (nSPS) is 10.9. The molecule has 0 aliphatic heterocycles. The molecule has 0 aliphatic carbocycles. The maximum atomic E-state index is 5.52. The summed E-state index contributed by atoms with van der Waals surface area (Å²) in [6.07, 6.45) is 2.64. The van der Waals surface area contributed by atoms with Gasteiger partial charge < -0.3 is 4.42 Å². The zero-order valence-electron chi connectivity index (χ0n) is 6.80. The number of aromatic nitrogens is 1. The average molecular weight is 174 g/mol. The molecule has 3 heteroatoms. The lowest BCUT2D eigenvalue weighted by Crippen LogP contribution is -1.93. The number of oxazole rings is 1. The van der Waals surface area contributed by atoms with Gasteiger partial charge in [0.2, 0.25) is 5.89 Å². The Hall–Kier alpha value is -0.500. The molecule has 62 valence electrons. The second kappa shape index (κ2) is 3.77. The van der Waals surface area contributed by atoms with Crippen molar-refractivity contribution in [3.63, 3.8) is 0 Å². The first-order valence-corrected chi connectivity index (χ1v) is 4.25. The molecule has 0 fully saturated rings. The molecule has 1 rings (SSSR count). The van der Waals surface area contributed by atoms with E-state index in [-0.39, 0.29) is 0 Å². The van der Waals surface area contributed by atoms with Crippen LogP contribution in [0.3, 0.4) is 0 Å². The smallest absolute Gasteiger partial charge is 0.209 e. The fraction of sp³-hybridized carbons (Fsp3) is 0.625. The van der Waals surface area contributed by atoms with Crippen LogP contribution in [0.25, 0.3) is 0 Å². The summed E-state index contributed by atoms with van der Waals surface area (Å²) in [4.78, 5) is 4.17. The van der Waals surface area contributed by atoms with Gasteiger partial charge >= 0.3 is 0 Å². The quantitative estimate of drug-likeness (QED) is 0.657. The van der Waals surface area contributed by atoms with E-state index >= 15 is 0 Å². The van der Waals surface area contributed by atoms with Gasteiger partial charge in [-0.2, -0.15) is 0 Å². The van der Waals surface area contributed by atoms with E-state index in [4.69, 9.17) is 16.0 Å². The van der Waals surface area contributed by atoms with Crippen LogP contribution in [-0.4, -0.2) is 4.98 Å². The summed E-state index contributed by atoms with van der Waals surface area (Å²) in [5.41, 5.74) is 0.996. The Morgan fingerprint density at radius 2 is 2.36 bits per heavy atom. The molecule has 1 heterocycles.